The molecule has 1 aromatic carbocycles. The fourth-order valence-corrected chi connectivity index (χ4v) is 3.85. The zero-order valence-corrected chi connectivity index (χ0v) is 12.9. The number of nitrogens with zero attached hydrogens (tertiary/aromatic N) is 2. The summed E-state index contributed by atoms with van der Waals surface area (Å²) >= 11 is 0. The van der Waals surface area contributed by atoms with Gasteiger partial charge in [-0.05, 0) is 50.3 Å². The molecule has 1 aliphatic heterocycles. The fourth-order valence-electron chi connectivity index (χ4n) is 3.85. The van der Waals surface area contributed by atoms with Gasteiger partial charge in [-0.15, -0.1) is 0 Å². The van der Waals surface area contributed by atoms with E-state index >= 15 is 0 Å². The zero-order chi connectivity index (χ0) is 14.4. The van der Waals surface area contributed by atoms with Crippen LogP contribution in [0.3, 0.4) is 0 Å². The summed E-state index contributed by atoms with van der Waals surface area (Å²) in [5.41, 5.74) is 6.65. The van der Waals surface area contributed by atoms with Crippen molar-refractivity contribution in [3.8, 4) is 5.69 Å². The molecule has 0 atom stereocenters. The SMILES string of the molecule is Cc1ccc(C)c(-n2nc(C3CCCC3)c3c2NCC3)c1. The molecule has 1 saturated carbocycles. The van der Waals surface area contributed by atoms with E-state index in [0.29, 0.717) is 5.92 Å². The topological polar surface area (TPSA) is 29.9 Å². The third kappa shape index (κ3) is 2.06. The molecule has 0 radical (unpaired) electrons. The molecule has 2 aromatic rings. The van der Waals surface area contributed by atoms with Crippen LogP contribution in [0.5, 0.6) is 0 Å². The van der Waals surface area contributed by atoms with Gasteiger partial charge in [-0.1, -0.05) is 25.0 Å². The number of aromatic nitrogens is 2. The van der Waals surface area contributed by atoms with Crippen LogP contribution in [0.15, 0.2) is 18.2 Å². The third-order valence-electron chi connectivity index (χ3n) is 5.02. The van der Waals surface area contributed by atoms with Gasteiger partial charge >= 0.3 is 0 Å². The summed E-state index contributed by atoms with van der Waals surface area (Å²) in [6, 6.07) is 6.62. The molecule has 2 aliphatic rings. The number of rotatable bonds is 2. The van der Waals surface area contributed by atoms with Crippen LogP contribution >= 0.6 is 0 Å². The van der Waals surface area contributed by atoms with E-state index < -0.39 is 0 Å². The third-order valence-corrected chi connectivity index (χ3v) is 5.02. The van der Waals surface area contributed by atoms with Crippen molar-refractivity contribution in [2.75, 3.05) is 11.9 Å². The monoisotopic (exact) mass is 281 g/mol. The molecule has 1 N–H and O–H groups in total. The maximum atomic E-state index is 5.04. The van der Waals surface area contributed by atoms with Crippen LogP contribution in [-0.4, -0.2) is 16.3 Å². The van der Waals surface area contributed by atoms with Gasteiger partial charge < -0.3 is 5.32 Å². The number of hydrogen-bond acceptors (Lipinski definition) is 2. The first kappa shape index (κ1) is 12.9. The van der Waals surface area contributed by atoms with E-state index in [9.17, 15) is 0 Å². The summed E-state index contributed by atoms with van der Waals surface area (Å²) < 4.78 is 2.16. The lowest BCUT2D eigenvalue weighted by atomic mass is 9.99. The molecule has 4 rings (SSSR count). The second-order valence-electron chi connectivity index (χ2n) is 6.57. The van der Waals surface area contributed by atoms with Crippen LogP contribution in [0, 0.1) is 13.8 Å². The lowest BCUT2D eigenvalue weighted by Gasteiger charge is -2.11. The first-order valence-electron chi connectivity index (χ1n) is 8.17. The van der Waals surface area contributed by atoms with E-state index in [0.717, 1.165) is 13.0 Å². The van der Waals surface area contributed by atoms with E-state index in [4.69, 9.17) is 5.10 Å². The van der Waals surface area contributed by atoms with Gasteiger partial charge in [0.05, 0.1) is 11.4 Å². The summed E-state index contributed by atoms with van der Waals surface area (Å²) in [7, 11) is 0. The molecule has 3 heteroatoms. The molecule has 0 unspecified atom stereocenters. The second-order valence-corrected chi connectivity index (χ2v) is 6.57. The van der Waals surface area contributed by atoms with Crippen LogP contribution in [-0.2, 0) is 6.42 Å². The van der Waals surface area contributed by atoms with Gasteiger partial charge in [0, 0.05) is 18.0 Å². The molecular weight excluding hydrogens is 258 g/mol. The van der Waals surface area contributed by atoms with Crippen molar-refractivity contribution in [2.24, 2.45) is 0 Å². The minimum absolute atomic E-state index is 0.685. The second kappa shape index (κ2) is 4.90. The Hall–Kier alpha value is -1.77. The van der Waals surface area contributed by atoms with Gasteiger partial charge in [0.25, 0.3) is 0 Å². The molecule has 2 heterocycles. The Kier molecular flexibility index (Phi) is 3.02. The summed E-state index contributed by atoms with van der Waals surface area (Å²) in [5.74, 6) is 1.93. The average Bonchev–Trinajstić information content (AvgIpc) is 3.16. The minimum Gasteiger partial charge on any atom is -0.369 e. The van der Waals surface area contributed by atoms with Crippen LogP contribution in [0.25, 0.3) is 5.69 Å². The van der Waals surface area contributed by atoms with E-state index in [1.165, 1.54) is 59.6 Å². The van der Waals surface area contributed by atoms with E-state index in [-0.39, 0.29) is 0 Å². The van der Waals surface area contributed by atoms with E-state index in [1.54, 1.807) is 0 Å². The number of anilines is 1. The summed E-state index contributed by atoms with van der Waals surface area (Å²) in [4.78, 5) is 0. The Morgan fingerprint density at radius 2 is 2.00 bits per heavy atom. The highest BCUT2D eigenvalue weighted by atomic mass is 15.3. The Morgan fingerprint density at radius 1 is 1.19 bits per heavy atom. The van der Waals surface area contributed by atoms with Crippen molar-refractivity contribution >= 4 is 5.82 Å². The van der Waals surface area contributed by atoms with Gasteiger partial charge in [0.1, 0.15) is 5.82 Å². The van der Waals surface area contributed by atoms with Crippen molar-refractivity contribution in [3.63, 3.8) is 0 Å². The molecule has 3 nitrogen and oxygen atoms in total. The number of nitrogens with one attached hydrogen (secondary N) is 1. The molecule has 0 saturated heterocycles. The largest absolute Gasteiger partial charge is 0.369 e. The van der Waals surface area contributed by atoms with Crippen molar-refractivity contribution in [1.82, 2.24) is 9.78 Å². The highest BCUT2D eigenvalue weighted by Crippen LogP contribution is 2.40. The lowest BCUT2D eigenvalue weighted by Crippen LogP contribution is -2.07. The van der Waals surface area contributed by atoms with Crippen molar-refractivity contribution in [1.29, 1.82) is 0 Å². The van der Waals surface area contributed by atoms with Crippen LogP contribution in [0.2, 0.25) is 0 Å². The summed E-state index contributed by atoms with van der Waals surface area (Å²) in [6.45, 7) is 5.38. The molecule has 110 valence electrons. The summed E-state index contributed by atoms with van der Waals surface area (Å²) in [6.07, 6.45) is 6.49. The van der Waals surface area contributed by atoms with Crippen LogP contribution < -0.4 is 5.32 Å². The highest BCUT2D eigenvalue weighted by molar-refractivity contribution is 5.59. The van der Waals surface area contributed by atoms with Gasteiger partial charge in [-0.2, -0.15) is 5.10 Å². The van der Waals surface area contributed by atoms with Crippen molar-refractivity contribution in [3.05, 3.63) is 40.6 Å². The van der Waals surface area contributed by atoms with Crippen molar-refractivity contribution < 1.29 is 0 Å². The molecule has 0 bridgehead atoms. The highest BCUT2D eigenvalue weighted by Gasteiger charge is 2.29. The van der Waals surface area contributed by atoms with E-state index in [1.807, 2.05) is 0 Å². The Balaban J connectivity index is 1.86. The smallest absolute Gasteiger partial charge is 0.133 e. The quantitative estimate of drug-likeness (QED) is 0.897. The lowest BCUT2D eigenvalue weighted by molar-refractivity contribution is 0.670. The van der Waals surface area contributed by atoms with Crippen LogP contribution in [0.1, 0.15) is 54.0 Å². The molecule has 1 aromatic heterocycles. The Labute approximate surface area is 126 Å². The standard InChI is InChI=1S/C18H23N3/c1-12-7-8-13(2)16(11-12)21-18-15(9-10-19-18)17(20-21)14-5-3-4-6-14/h7-8,11,14,19H,3-6,9-10H2,1-2H3. The number of benzene rings is 1. The number of hydrogen-bond donors (Lipinski definition) is 1. The average molecular weight is 281 g/mol. The predicted octanol–water partition coefficient (Wildman–Crippen LogP) is 4.11. The van der Waals surface area contributed by atoms with E-state index in [2.05, 4.69) is 42.0 Å². The predicted molar refractivity (Wildman–Crippen MR) is 86.4 cm³/mol. The van der Waals surface area contributed by atoms with Gasteiger partial charge in [0.2, 0.25) is 0 Å². The molecule has 1 fully saturated rings. The fraction of sp³-hybridized carbons (Fsp3) is 0.500. The molecule has 21 heavy (non-hydrogen) atoms. The van der Waals surface area contributed by atoms with Gasteiger partial charge in [0.15, 0.2) is 0 Å². The first-order valence-corrected chi connectivity index (χ1v) is 8.17. The maximum absolute atomic E-state index is 5.04. The maximum Gasteiger partial charge on any atom is 0.133 e. The molecule has 1 aliphatic carbocycles. The van der Waals surface area contributed by atoms with Crippen LogP contribution in [0.4, 0.5) is 5.82 Å². The molecular formula is C18H23N3. The Bertz CT molecular complexity index is 678. The molecule has 0 spiro atoms. The minimum atomic E-state index is 0.685. The molecule has 0 amide bonds. The van der Waals surface area contributed by atoms with Gasteiger partial charge in [-0.25, -0.2) is 4.68 Å². The zero-order valence-electron chi connectivity index (χ0n) is 12.9. The normalized spacial score (nSPS) is 18.0. The Morgan fingerprint density at radius 3 is 2.81 bits per heavy atom. The summed E-state index contributed by atoms with van der Waals surface area (Å²) in [5, 5.41) is 8.60. The number of fused-ring (bicyclic) bond motifs is 1. The van der Waals surface area contributed by atoms with Crippen molar-refractivity contribution in [2.45, 2.75) is 51.9 Å². The number of aryl methyl sites for hydroxylation is 2. The first-order chi connectivity index (χ1) is 10.2. The van der Waals surface area contributed by atoms with Gasteiger partial charge in [-0.3, -0.25) is 0 Å².